The van der Waals surface area contributed by atoms with Gasteiger partial charge in [-0.15, -0.1) is 0 Å². The molecule has 1 atom stereocenters. The average Bonchev–Trinajstić information content (AvgIpc) is 2.57. The molecule has 0 fully saturated rings. The first-order valence-electron chi connectivity index (χ1n) is 8.95. The van der Waals surface area contributed by atoms with Gasteiger partial charge in [-0.1, -0.05) is 36.4 Å². The van der Waals surface area contributed by atoms with Gasteiger partial charge < -0.3 is 10.4 Å². The fraction of sp³-hybridized carbons (Fsp3) is 0.409. The van der Waals surface area contributed by atoms with Crippen molar-refractivity contribution in [3.05, 3.63) is 69.8 Å². The number of ketones is 1. The Morgan fingerprint density at radius 3 is 2.40 bits per heavy atom. The summed E-state index contributed by atoms with van der Waals surface area (Å²) >= 11 is 0. The van der Waals surface area contributed by atoms with Crippen LogP contribution in [0.5, 0.6) is 0 Å². The third-order valence-corrected chi connectivity index (χ3v) is 4.86. The molecule has 134 valence electrons. The van der Waals surface area contributed by atoms with E-state index in [1.54, 1.807) is 6.92 Å². The Morgan fingerprint density at radius 1 is 1.12 bits per heavy atom. The molecule has 0 bridgehead atoms. The first-order valence-corrected chi connectivity index (χ1v) is 8.95. The van der Waals surface area contributed by atoms with E-state index in [1.165, 1.54) is 16.7 Å². The van der Waals surface area contributed by atoms with Crippen LogP contribution in [0.1, 0.15) is 64.0 Å². The molecular weight excluding hydrogens is 310 g/mol. The van der Waals surface area contributed by atoms with Gasteiger partial charge in [0.05, 0.1) is 0 Å². The number of hydrogen-bond donors (Lipinski definition) is 2. The van der Waals surface area contributed by atoms with Gasteiger partial charge in [-0.2, -0.15) is 0 Å². The maximum Gasteiger partial charge on any atom is 0.160 e. The first kappa shape index (κ1) is 19.4. The van der Waals surface area contributed by atoms with E-state index in [0.29, 0.717) is 6.54 Å². The molecule has 2 N–H and O–H groups in total. The Morgan fingerprint density at radius 2 is 1.80 bits per heavy atom. The van der Waals surface area contributed by atoms with E-state index in [1.807, 2.05) is 32.0 Å². The minimum Gasteiger partial charge on any atom is -0.396 e. The molecule has 3 heteroatoms. The molecule has 0 saturated carbocycles. The van der Waals surface area contributed by atoms with Crippen molar-refractivity contribution >= 4 is 5.78 Å². The van der Waals surface area contributed by atoms with Crippen molar-refractivity contribution in [2.24, 2.45) is 0 Å². The van der Waals surface area contributed by atoms with E-state index < -0.39 is 0 Å². The summed E-state index contributed by atoms with van der Waals surface area (Å²) in [6.07, 6.45) is 1.64. The molecule has 2 aromatic carbocycles. The summed E-state index contributed by atoms with van der Waals surface area (Å²) in [5.74, 6) is 0.121. The van der Waals surface area contributed by atoms with Crippen molar-refractivity contribution in [2.45, 2.75) is 53.1 Å². The maximum absolute atomic E-state index is 12.0. The molecule has 0 aromatic heterocycles. The van der Waals surface area contributed by atoms with E-state index in [0.717, 1.165) is 29.5 Å². The smallest absolute Gasteiger partial charge is 0.160 e. The van der Waals surface area contributed by atoms with Crippen LogP contribution < -0.4 is 5.32 Å². The lowest BCUT2D eigenvalue weighted by Gasteiger charge is -2.22. The van der Waals surface area contributed by atoms with E-state index >= 15 is 0 Å². The zero-order valence-corrected chi connectivity index (χ0v) is 15.7. The highest BCUT2D eigenvalue weighted by Gasteiger charge is 2.16. The van der Waals surface area contributed by atoms with E-state index in [-0.39, 0.29) is 18.4 Å². The molecule has 0 spiro atoms. The van der Waals surface area contributed by atoms with Gasteiger partial charge >= 0.3 is 0 Å². The quantitative estimate of drug-likeness (QED) is 0.700. The predicted octanol–water partition coefficient (Wildman–Crippen LogP) is 4.42. The van der Waals surface area contributed by atoms with Crippen molar-refractivity contribution < 1.29 is 9.90 Å². The summed E-state index contributed by atoms with van der Waals surface area (Å²) in [5.41, 5.74) is 6.60. The van der Waals surface area contributed by atoms with Crippen LogP contribution in [0.25, 0.3) is 0 Å². The van der Waals surface area contributed by atoms with Gasteiger partial charge in [0.1, 0.15) is 0 Å². The summed E-state index contributed by atoms with van der Waals surface area (Å²) in [5, 5.41) is 12.8. The van der Waals surface area contributed by atoms with Gasteiger partial charge in [0.25, 0.3) is 0 Å². The first-order chi connectivity index (χ1) is 12.0. The number of aliphatic hydroxyl groups is 1. The van der Waals surface area contributed by atoms with E-state index in [2.05, 4.69) is 30.4 Å². The SMILES string of the molecule is CC(=O)c1c(C)cc(C)c(CNC(CCCO)c2ccccc2)c1C. The molecule has 2 aromatic rings. The topological polar surface area (TPSA) is 49.3 Å². The average molecular weight is 339 g/mol. The second kappa shape index (κ2) is 8.93. The molecule has 0 aliphatic heterocycles. The Hall–Kier alpha value is -1.97. The van der Waals surface area contributed by atoms with Crippen molar-refractivity contribution in [3.8, 4) is 0 Å². The standard InChI is InChI=1S/C22H29NO2/c1-15-13-16(2)22(18(4)25)17(3)20(15)14-23-21(11-8-12-24)19-9-6-5-7-10-19/h5-7,9-10,13,21,23-24H,8,11-12,14H2,1-4H3. The normalized spacial score (nSPS) is 12.2. The number of rotatable bonds is 8. The highest BCUT2D eigenvalue weighted by atomic mass is 16.2. The number of hydrogen-bond acceptors (Lipinski definition) is 3. The Labute approximate surface area is 151 Å². The molecule has 0 heterocycles. The van der Waals surface area contributed by atoms with Crippen LogP contribution in [0.3, 0.4) is 0 Å². The monoisotopic (exact) mass is 339 g/mol. The molecule has 0 aliphatic rings. The third-order valence-electron chi connectivity index (χ3n) is 4.86. The summed E-state index contributed by atoms with van der Waals surface area (Å²) in [6.45, 7) is 8.69. The molecule has 0 amide bonds. The molecule has 25 heavy (non-hydrogen) atoms. The third kappa shape index (κ3) is 4.77. The fourth-order valence-corrected chi connectivity index (χ4v) is 3.63. The van der Waals surface area contributed by atoms with Crippen LogP contribution >= 0.6 is 0 Å². The number of nitrogens with one attached hydrogen (secondary N) is 1. The zero-order valence-electron chi connectivity index (χ0n) is 15.7. The van der Waals surface area contributed by atoms with Crippen LogP contribution in [0.15, 0.2) is 36.4 Å². The largest absolute Gasteiger partial charge is 0.396 e. The highest BCUT2D eigenvalue weighted by molar-refractivity contribution is 5.97. The number of carbonyl (C=O) groups is 1. The van der Waals surface area contributed by atoms with Gasteiger partial charge in [-0.05, 0) is 68.4 Å². The molecule has 1 unspecified atom stereocenters. The van der Waals surface area contributed by atoms with Crippen LogP contribution in [-0.2, 0) is 6.54 Å². The molecule has 3 nitrogen and oxygen atoms in total. The Kier molecular flexibility index (Phi) is 6.91. The summed E-state index contributed by atoms with van der Waals surface area (Å²) in [4.78, 5) is 12.0. The molecule has 2 rings (SSSR count). The number of aliphatic hydroxyl groups excluding tert-OH is 1. The van der Waals surface area contributed by atoms with Crippen LogP contribution in [-0.4, -0.2) is 17.5 Å². The number of aryl methyl sites for hydroxylation is 2. The number of carbonyl (C=O) groups excluding carboxylic acids is 1. The second-order valence-corrected chi connectivity index (χ2v) is 6.76. The van der Waals surface area contributed by atoms with Crippen molar-refractivity contribution in [2.75, 3.05) is 6.61 Å². The lowest BCUT2D eigenvalue weighted by molar-refractivity contribution is 0.101. The predicted molar refractivity (Wildman–Crippen MR) is 103 cm³/mol. The summed E-state index contributed by atoms with van der Waals surface area (Å²) < 4.78 is 0. The molecule has 0 radical (unpaired) electrons. The second-order valence-electron chi connectivity index (χ2n) is 6.76. The van der Waals surface area contributed by atoms with Crippen molar-refractivity contribution in [3.63, 3.8) is 0 Å². The van der Waals surface area contributed by atoms with Crippen LogP contribution in [0.2, 0.25) is 0 Å². The molecule has 0 saturated heterocycles. The van der Waals surface area contributed by atoms with Crippen LogP contribution in [0.4, 0.5) is 0 Å². The molecular formula is C22H29NO2. The van der Waals surface area contributed by atoms with Gasteiger partial charge in [0, 0.05) is 24.8 Å². The lowest BCUT2D eigenvalue weighted by Crippen LogP contribution is -2.23. The van der Waals surface area contributed by atoms with Gasteiger partial charge in [-0.3, -0.25) is 4.79 Å². The maximum atomic E-state index is 12.0. The zero-order chi connectivity index (χ0) is 18.4. The van der Waals surface area contributed by atoms with E-state index in [9.17, 15) is 9.90 Å². The van der Waals surface area contributed by atoms with Crippen molar-refractivity contribution in [1.82, 2.24) is 5.32 Å². The highest BCUT2D eigenvalue weighted by Crippen LogP contribution is 2.25. The van der Waals surface area contributed by atoms with Gasteiger partial charge in [0.2, 0.25) is 0 Å². The van der Waals surface area contributed by atoms with Crippen molar-refractivity contribution in [1.29, 1.82) is 0 Å². The minimum absolute atomic E-state index is 0.121. The summed E-state index contributed by atoms with van der Waals surface area (Å²) in [7, 11) is 0. The fourth-order valence-electron chi connectivity index (χ4n) is 3.63. The Bertz CT molecular complexity index is 723. The van der Waals surface area contributed by atoms with E-state index in [4.69, 9.17) is 0 Å². The number of Topliss-reactive ketones (excluding diaryl/α,β-unsaturated/α-hetero) is 1. The molecule has 0 aliphatic carbocycles. The van der Waals surface area contributed by atoms with Gasteiger partial charge in [0.15, 0.2) is 5.78 Å². The lowest BCUT2D eigenvalue weighted by atomic mass is 9.91. The Balaban J connectivity index is 2.25. The minimum atomic E-state index is 0.121. The van der Waals surface area contributed by atoms with Crippen LogP contribution in [0, 0.1) is 20.8 Å². The number of benzene rings is 2. The van der Waals surface area contributed by atoms with Gasteiger partial charge in [-0.25, -0.2) is 0 Å². The summed E-state index contributed by atoms with van der Waals surface area (Å²) in [6, 6.07) is 12.6.